The van der Waals surface area contributed by atoms with E-state index in [9.17, 15) is 14.8 Å². The number of carbonyl (C=O) groups is 2. The van der Waals surface area contributed by atoms with Crippen molar-refractivity contribution >= 4 is 22.7 Å². The summed E-state index contributed by atoms with van der Waals surface area (Å²) < 4.78 is 1.96. The minimum atomic E-state index is -0.901. The molecule has 2 fully saturated rings. The van der Waals surface area contributed by atoms with Gasteiger partial charge in [0.05, 0.1) is 6.54 Å². The molecule has 1 N–H and O–H groups in total. The third-order valence-electron chi connectivity index (χ3n) is 4.91. The fraction of sp³-hybridized carbons (Fsp3) is 0.375. The highest BCUT2D eigenvalue weighted by atomic mass is 16.5. The van der Waals surface area contributed by atoms with E-state index in [1.165, 1.54) is 0 Å². The molecule has 2 aliphatic rings. The highest BCUT2D eigenvalue weighted by molar-refractivity contribution is 5.93. The number of fused-ring (bicyclic) bond motifs is 2. The molecule has 114 valence electrons. The first-order valence-electron chi connectivity index (χ1n) is 7.41. The highest BCUT2D eigenvalue weighted by Crippen LogP contribution is 2.40. The van der Waals surface area contributed by atoms with Crippen molar-refractivity contribution in [1.82, 2.24) is 14.5 Å². The van der Waals surface area contributed by atoms with Crippen LogP contribution in [-0.4, -0.2) is 43.3 Å². The summed E-state index contributed by atoms with van der Waals surface area (Å²) in [4.78, 5) is 26.1. The van der Waals surface area contributed by atoms with Crippen molar-refractivity contribution in [3.8, 4) is 0 Å². The molecule has 2 aromatic rings. The first-order valence-corrected chi connectivity index (χ1v) is 7.41. The molecule has 6 nitrogen and oxygen atoms in total. The van der Waals surface area contributed by atoms with Gasteiger partial charge in [-0.3, -0.25) is 14.8 Å². The molecule has 0 bridgehead atoms. The van der Waals surface area contributed by atoms with E-state index in [4.69, 9.17) is 0 Å². The number of amides is 2. The van der Waals surface area contributed by atoms with Crippen molar-refractivity contribution in [1.29, 1.82) is 0 Å². The van der Waals surface area contributed by atoms with Crippen LogP contribution in [0.5, 0.6) is 0 Å². The third-order valence-corrected chi connectivity index (χ3v) is 4.91. The maximum Gasteiger partial charge on any atom is 0.272 e. The highest BCUT2D eigenvalue weighted by Gasteiger charge is 2.59. The van der Waals surface area contributed by atoms with Crippen LogP contribution < -0.4 is 0 Å². The second kappa shape index (κ2) is 4.33. The van der Waals surface area contributed by atoms with Crippen molar-refractivity contribution in [2.75, 3.05) is 0 Å². The molecule has 0 aliphatic carbocycles. The Hall–Kier alpha value is -2.34. The van der Waals surface area contributed by atoms with Crippen LogP contribution in [0.2, 0.25) is 0 Å². The molecule has 0 radical (unpaired) electrons. The van der Waals surface area contributed by atoms with Crippen LogP contribution in [0.25, 0.3) is 10.9 Å². The van der Waals surface area contributed by atoms with Crippen LogP contribution >= 0.6 is 0 Å². The normalized spacial score (nSPS) is 28.0. The van der Waals surface area contributed by atoms with E-state index in [0.29, 0.717) is 19.4 Å². The molecule has 2 aliphatic heterocycles. The van der Waals surface area contributed by atoms with Gasteiger partial charge in [0, 0.05) is 24.6 Å². The monoisotopic (exact) mass is 299 g/mol. The number of benzene rings is 1. The van der Waals surface area contributed by atoms with Crippen molar-refractivity contribution in [2.24, 2.45) is 0 Å². The van der Waals surface area contributed by atoms with Crippen molar-refractivity contribution in [3.05, 3.63) is 36.5 Å². The van der Waals surface area contributed by atoms with Crippen LogP contribution in [0.3, 0.4) is 0 Å². The van der Waals surface area contributed by atoms with E-state index >= 15 is 0 Å². The number of hydrogen-bond donors (Lipinski definition) is 1. The molecule has 0 spiro atoms. The van der Waals surface area contributed by atoms with Gasteiger partial charge < -0.3 is 9.47 Å². The molecule has 6 heteroatoms. The average molecular weight is 299 g/mol. The quantitative estimate of drug-likeness (QED) is 0.856. The predicted octanol–water partition coefficient (Wildman–Crippen LogP) is 1.58. The molecule has 0 unspecified atom stereocenters. The summed E-state index contributed by atoms with van der Waals surface area (Å²) in [5.74, 6) is -0.484. The number of carbonyl (C=O) groups excluding carboxylic acids is 2. The Labute approximate surface area is 127 Å². The lowest BCUT2D eigenvalue weighted by molar-refractivity contribution is -0.187. The number of para-hydroxylation sites is 1. The van der Waals surface area contributed by atoms with Gasteiger partial charge in [-0.15, -0.1) is 0 Å². The van der Waals surface area contributed by atoms with Crippen LogP contribution in [0, 0.1) is 0 Å². The van der Waals surface area contributed by atoms with Crippen LogP contribution in [0.1, 0.15) is 19.8 Å². The largest absolute Gasteiger partial charge is 0.345 e. The molecule has 3 heterocycles. The van der Waals surface area contributed by atoms with Crippen molar-refractivity contribution < 1.29 is 14.8 Å². The summed E-state index contributed by atoms with van der Waals surface area (Å²) in [6.07, 6.45) is 2.75. The van der Waals surface area contributed by atoms with Gasteiger partial charge in [0.1, 0.15) is 11.7 Å². The summed E-state index contributed by atoms with van der Waals surface area (Å²) in [6.45, 7) is 2.09. The summed E-state index contributed by atoms with van der Waals surface area (Å²) in [5.41, 5.74) is 0.113. The molecular weight excluding hydrogens is 282 g/mol. The van der Waals surface area contributed by atoms with E-state index in [0.717, 1.165) is 16.0 Å². The molecule has 2 amide bonds. The van der Waals surface area contributed by atoms with Crippen LogP contribution in [-0.2, 0) is 16.1 Å². The maximum atomic E-state index is 12.4. The molecular formula is C16H17N3O3. The zero-order chi connectivity index (χ0) is 15.5. The molecule has 2 saturated heterocycles. The van der Waals surface area contributed by atoms with Crippen molar-refractivity contribution in [2.45, 2.75) is 38.0 Å². The molecule has 2 atom stereocenters. The minimum Gasteiger partial charge on any atom is -0.345 e. The number of nitrogens with zero attached hydrogens (tertiary/aromatic N) is 3. The van der Waals surface area contributed by atoms with E-state index in [2.05, 4.69) is 0 Å². The first kappa shape index (κ1) is 13.3. The second-order valence-corrected chi connectivity index (χ2v) is 6.17. The fourth-order valence-electron chi connectivity index (χ4n) is 3.71. The number of hydroxylamine groups is 2. The minimum absolute atomic E-state index is 0.0751. The average Bonchev–Trinajstić information content (AvgIpc) is 3.11. The zero-order valence-electron chi connectivity index (χ0n) is 12.3. The lowest BCUT2D eigenvalue weighted by Crippen LogP contribution is -2.48. The van der Waals surface area contributed by atoms with E-state index in [-0.39, 0.29) is 5.91 Å². The zero-order valence-corrected chi connectivity index (χ0v) is 12.3. The summed E-state index contributed by atoms with van der Waals surface area (Å²) in [7, 11) is 0. The molecule has 22 heavy (non-hydrogen) atoms. The van der Waals surface area contributed by atoms with Gasteiger partial charge >= 0.3 is 0 Å². The fourth-order valence-corrected chi connectivity index (χ4v) is 3.71. The number of hydrogen-bond acceptors (Lipinski definition) is 3. The lowest BCUT2D eigenvalue weighted by Gasteiger charge is -2.32. The third kappa shape index (κ3) is 1.58. The smallest absolute Gasteiger partial charge is 0.272 e. The Morgan fingerprint density at radius 3 is 2.86 bits per heavy atom. The van der Waals surface area contributed by atoms with Gasteiger partial charge in [-0.05, 0) is 24.4 Å². The van der Waals surface area contributed by atoms with Gasteiger partial charge in [-0.2, -0.15) is 5.06 Å². The Morgan fingerprint density at radius 2 is 2.05 bits per heavy atom. The van der Waals surface area contributed by atoms with Gasteiger partial charge in [-0.1, -0.05) is 18.2 Å². The second-order valence-electron chi connectivity index (χ2n) is 6.17. The van der Waals surface area contributed by atoms with E-state index in [1.807, 2.05) is 41.1 Å². The lowest BCUT2D eigenvalue weighted by atomic mass is 10.1. The van der Waals surface area contributed by atoms with Crippen LogP contribution in [0.15, 0.2) is 36.5 Å². The van der Waals surface area contributed by atoms with E-state index in [1.54, 1.807) is 11.8 Å². The maximum absolute atomic E-state index is 12.4. The Kier molecular flexibility index (Phi) is 2.62. The Bertz CT molecular complexity index is 784. The molecule has 1 aromatic carbocycles. The van der Waals surface area contributed by atoms with Gasteiger partial charge in [0.15, 0.2) is 0 Å². The molecule has 4 rings (SSSR count). The SMILES string of the molecule is C[C@@]12CCC(=O)N1[C@@H](Cn1ccc3ccccc31)C(=O)N2O. The van der Waals surface area contributed by atoms with E-state index < -0.39 is 17.6 Å². The topological polar surface area (TPSA) is 65.8 Å². The Morgan fingerprint density at radius 1 is 1.27 bits per heavy atom. The van der Waals surface area contributed by atoms with Gasteiger partial charge in [-0.25, -0.2) is 0 Å². The summed E-state index contributed by atoms with van der Waals surface area (Å²) in [6, 6.07) is 9.22. The summed E-state index contributed by atoms with van der Waals surface area (Å²) in [5, 5.41) is 12.0. The standard InChI is InChI=1S/C16H17N3O3/c1-16-8-6-14(20)18(16)13(15(21)19(16)22)10-17-9-7-11-4-2-3-5-12(11)17/h2-5,7,9,13,22H,6,8,10H2,1H3/t13-,16+/m0/s1. The number of rotatable bonds is 2. The van der Waals surface area contributed by atoms with Gasteiger partial charge in [0.2, 0.25) is 5.91 Å². The molecule has 0 saturated carbocycles. The Balaban J connectivity index is 1.73. The summed E-state index contributed by atoms with van der Waals surface area (Å²) >= 11 is 0. The van der Waals surface area contributed by atoms with Crippen LogP contribution in [0.4, 0.5) is 0 Å². The molecule has 1 aromatic heterocycles. The predicted molar refractivity (Wildman–Crippen MR) is 78.8 cm³/mol. The van der Waals surface area contributed by atoms with Crippen molar-refractivity contribution in [3.63, 3.8) is 0 Å². The number of aromatic nitrogens is 1. The first-order chi connectivity index (χ1) is 10.5. The van der Waals surface area contributed by atoms with Gasteiger partial charge in [0.25, 0.3) is 5.91 Å².